The maximum Gasteiger partial charge on any atom is 0.0717 e. The molecule has 0 atom stereocenters. The number of rotatable bonds is 4. The average Bonchev–Trinajstić information content (AvgIpc) is 2.04. The molecule has 13 heavy (non-hydrogen) atoms. The lowest BCUT2D eigenvalue weighted by Gasteiger charge is -2.18. The first-order chi connectivity index (χ1) is 6.08. The van der Waals surface area contributed by atoms with Gasteiger partial charge in [-0.2, -0.15) is 0 Å². The highest BCUT2D eigenvalue weighted by molar-refractivity contribution is 5.13. The van der Waals surface area contributed by atoms with Gasteiger partial charge in [0.05, 0.1) is 13.2 Å². The van der Waals surface area contributed by atoms with E-state index in [4.69, 9.17) is 10.5 Å². The molecule has 0 aliphatic carbocycles. The Morgan fingerprint density at radius 2 is 1.85 bits per heavy atom. The summed E-state index contributed by atoms with van der Waals surface area (Å²) in [5.41, 5.74) is 6.72. The topological polar surface area (TPSA) is 35.2 Å². The van der Waals surface area contributed by atoms with E-state index in [1.807, 2.05) is 44.2 Å². The van der Waals surface area contributed by atoms with Crippen LogP contribution < -0.4 is 5.73 Å². The van der Waals surface area contributed by atoms with Crippen LogP contribution >= 0.6 is 0 Å². The van der Waals surface area contributed by atoms with Crippen LogP contribution in [0.1, 0.15) is 19.4 Å². The molecule has 2 heteroatoms. The van der Waals surface area contributed by atoms with Gasteiger partial charge in [-0.05, 0) is 19.4 Å². The molecule has 0 bridgehead atoms. The molecule has 2 N–H and O–H groups in total. The predicted molar refractivity (Wildman–Crippen MR) is 54.4 cm³/mol. The van der Waals surface area contributed by atoms with Crippen LogP contribution in [-0.4, -0.2) is 12.1 Å². The van der Waals surface area contributed by atoms with Crippen molar-refractivity contribution in [2.24, 2.45) is 5.73 Å². The fourth-order valence-electron chi connectivity index (χ4n) is 1.01. The van der Waals surface area contributed by atoms with Gasteiger partial charge >= 0.3 is 0 Å². The van der Waals surface area contributed by atoms with Gasteiger partial charge in [0.1, 0.15) is 0 Å². The van der Waals surface area contributed by atoms with E-state index >= 15 is 0 Å². The van der Waals surface area contributed by atoms with Crippen molar-refractivity contribution >= 4 is 0 Å². The first-order valence-electron chi connectivity index (χ1n) is 4.48. The summed E-state index contributed by atoms with van der Waals surface area (Å²) < 4.78 is 5.46. The van der Waals surface area contributed by atoms with Crippen molar-refractivity contribution in [3.63, 3.8) is 0 Å². The molecule has 0 amide bonds. The van der Waals surface area contributed by atoms with Crippen LogP contribution in [0.15, 0.2) is 30.3 Å². The molecule has 2 nitrogen and oxygen atoms in total. The van der Waals surface area contributed by atoms with Crippen molar-refractivity contribution in [3.05, 3.63) is 35.9 Å². The van der Waals surface area contributed by atoms with Gasteiger partial charge < -0.3 is 10.5 Å². The molecule has 0 heterocycles. The van der Waals surface area contributed by atoms with Crippen molar-refractivity contribution in [2.75, 3.05) is 6.61 Å². The predicted octanol–water partition coefficient (Wildman–Crippen LogP) is 1.94. The third kappa shape index (κ3) is 4.65. The molecule has 0 unspecified atom stereocenters. The summed E-state index contributed by atoms with van der Waals surface area (Å²) in [5, 5.41) is 0. The smallest absolute Gasteiger partial charge is 0.0717 e. The van der Waals surface area contributed by atoms with E-state index in [1.165, 1.54) is 5.56 Å². The van der Waals surface area contributed by atoms with Crippen LogP contribution in [0.5, 0.6) is 0 Å². The lowest BCUT2D eigenvalue weighted by molar-refractivity contribution is 0.0851. The maximum atomic E-state index is 5.77. The van der Waals surface area contributed by atoms with Gasteiger partial charge in [0.25, 0.3) is 0 Å². The molecule has 0 aromatic heterocycles. The fraction of sp³-hybridized carbons (Fsp3) is 0.455. The van der Waals surface area contributed by atoms with Crippen molar-refractivity contribution < 1.29 is 4.74 Å². The quantitative estimate of drug-likeness (QED) is 0.766. The SMILES string of the molecule is CC(C)(N)COCc1ccccc1. The highest BCUT2D eigenvalue weighted by atomic mass is 16.5. The minimum absolute atomic E-state index is 0.241. The average molecular weight is 179 g/mol. The Labute approximate surface area is 79.7 Å². The van der Waals surface area contributed by atoms with Gasteiger partial charge in [-0.3, -0.25) is 0 Å². The third-order valence-electron chi connectivity index (χ3n) is 1.59. The molecule has 0 aliphatic heterocycles. The Kier molecular flexibility index (Phi) is 3.46. The molecule has 1 aromatic carbocycles. The van der Waals surface area contributed by atoms with Crippen LogP contribution in [0.2, 0.25) is 0 Å². The van der Waals surface area contributed by atoms with E-state index < -0.39 is 0 Å². The van der Waals surface area contributed by atoms with E-state index in [2.05, 4.69) is 0 Å². The lowest BCUT2D eigenvalue weighted by atomic mass is 10.1. The largest absolute Gasteiger partial charge is 0.375 e. The Morgan fingerprint density at radius 1 is 1.23 bits per heavy atom. The van der Waals surface area contributed by atoms with Gasteiger partial charge in [0, 0.05) is 5.54 Å². The number of hydrogen-bond acceptors (Lipinski definition) is 2. The second kappa shape index (κ2) is 4.40. The number of ether oxygens (including phenoxy) is 1. The summed E-state index contributed by atoms with van der Waals surface area (Å²) in [6, 6.07) is 10.1. The Bertz CT molecular complexity index is 238. The van der Waals surface area contributed by atoms with Gasteiger partial charge in [-0.15, -0.1) is 0 Å². The van der Waals surface area contributed by atoms with Crippen LogP contribution in [0.3, 0.4) is 0 Å². The maximum absolute atomic E-state index is 5.77. The summed E-state index contributed by atoms with van der Waals surface area (Å²) in [4.78, 5) is 0. The zero-order valence-electron chi connectivity index (χ0n) is 8.29. The lowest BCUT2D eigenvalue weighted by Crippen LogP contribution is -2.37. The second-order valence-corrected chi connectivity index (χ2v) is 3.97. The van der Waals surface area contributed by atoms with Crippen LogP contribution in [-0.2, 0) is 11.3 Å². The van der Waals surface area contributed by atoms with Crippen molar-refractivity contribution in [1.82, 2.24) is 0 Å². The molecule has 0 fully saturated rings. The zero-order chi connectivity index (χ0) is 9.73. The van der Waals surface area contributed by atoms with Gasteiger partial charge in [0.2, 0.25) is 0 Å². The Balaban J connectivity index is 2.29. The van der Waals surface area contributed by atoms with Crippen molar-refractivity contribution in [1.29, 1.82) is 0 Å². The van der Waals surface area contributed by atoms with Gasteiger partial charge in [0.15, 0.2) is 0 Å². The van der Waals surface area contributed by atoms with Crippen molar-refractivity contribution in [3.8, 4) is 0 Å². The first kappa shape index (κ1) is 10.2. The van der Waals surface area contributed by atoms with Gasteiger partial charge in [-0.1, -0.05) is 30.3 Å². The van der Waals surface area contributed by atoms with Crippen LogP contribution in [0, 0.1) is 0 Å². The van der Waals surface area contributed by atoms with Crippen LogP contribution in [0.4, 0.5) is 0 Å². The second-order valence-electron chi connectivity index (χ2n) is 3.97. The van der Waals surface area contributed by atoms with E-state index in [-0.39, 0.29) is 5.54 Å². The summed E-state index contributed by atoms with van der Waals surface area (Å²) in [7, 11) is 0. The highest BCUT2D eigenvalue weighted by Gasteiger charge is 2.09. The molecular formula is C11H17NO. The first-order valence-corrected chi connectivity index (χ1v) is 4.48. The highest BCUT2D eigenvalue weighted by Crippen LogP contribution is 2.03. The normalized spacial score (nSPS) is 11.6. The molecule has 1 aromatic rings. The Hall–Kier alpha value is -0.860. The summed E-state index contributed by atoms with van der Waals surface area (Å²) in [5.74, 6) is 0. The molecule has 0 saturated heterocycles. The molecule has 72 valence electrons. The minimum atomic E-state index is -0.241. The summed E-state index contributed by atoms with van der Waals surface area (Å²) >= 11 is 0. The monoisotopic (exact) mass is 179 g/mol. The minimum Gasteiger partial charge on any atom is -0.375 e. The zero-order valence-corrected chi connectivity index (χ0v) is 8.29. The standard InChI is InChI=1S/C11H17NO/c1-11(2,12)9-13-8-10-6-4-3-5-7-10/h3-7H,8-9,12H2,1-2H3. The molecule has 0 saturated carbocycles. The summed E-state index contributed by atoms with van der Waals surface area (Å²) in [6.07, 6.45) is 0. The number of benzene rings is 1. The number of nitrogens with two attached hydrogens (primary N) is 1. The molecular weight excluding hydrogens is 162 g/mol. The molecule has 0 radical (unpaired) electrons. The van der Waals surface area contributed by atoms with Crippen molar-refractivity contribution in [2.45, 2.75) is 26.0 Å². The third-order valence-corrected chi connectivity index (χ3v) is 1.59. The molecule has 0 aliphatic rings. The van der Waals surface area contributed by atoms with Crippen LogP contribution in [0.25, 0.3) is 0 Å². The van der Waals surface area contributed by atoms with E-state index in [0.717, 1.165) is 0 Å². The molecule has 1 rings (SSSR count). The number of hydrogen-bond donors (Lipinski definition) is 1. The summed E-state index contributed by atoms with van der Waals surface area (Å²) in [6.45, 7) is 5.14. The van der Waals surface area contributed by atoms with E-state index in [0.29, 0.717) is 13.2 Å². The molecule has 0 spiro atoms. The fourth-order valence-corrected chi connectivity index (χ4v) is 1.01. The van der Waals surface area contributed by atoms with Gasteiger partial charge in [-0.25, -0.2) is 0 Å². The van der Waals surface area contributed by atoms with E-state index in [9.17, 15) is 0 Å². The van der Waals surface area contributed by atoms with E-state index in [1.54, 1.807) is 0 Å². The Morgan fingerprint density at radius 3 is 2.38 bits per heavy atom.